The first-order valence-electron chi connectivity index (χ1n) is 8.90. The summed E-state index contributed by atoms with van der Waals surface area (Å²) in [6.07, 6.45) is 3.12. The van der Waals surface area contributed by atoms with E-state index in [0.717, 1.165) is 16.9 Å². The van der Waals surface area contributed by atoms with Crippen molar-refractivity contribution >= 4 is 28.2 Å². The molecule has 0 bridgehead atoms. The number of carbonyl (C=O) groups excluding carboxylic acids is 2. The molecule has 2 aromatic carbocycles. The molecule has 0 radical (unpaired) electrons. The second-order valence-corrected chi connectivity index (χ2v) is 8.63. The summed E-state index contributed by atoms with van der Waals surface area (Å²) < 4.78 is 16.6. The Labute approximate surface area is 167 Å². The van der Waals surface area contributed by atoms with Crippen LogP contribution in [0.15, 0.2) is 65.2 Å². The van der Waals surface area contributed by atoms with Gasteiger partial charge in [0.05, 0.1) is 5.56 Å². The van der Waals surface area contributed by atoms with Crippen LogP contribution >= 0.6 is 0 Å². The van der Waals surface area contributed by atoms with Crippen molar-refractivity contribution < 1.29 is 18.5 Å². The molecule has 2 aromatic rings. The summed E-state index contributed by atoms with van der Waals surface area (Å²) in [6.45, 7) is 3.81. The quantitative estimate of drug-likeness (QED) is 0.571. The Morgan fingerprint density at radius 1 is 1.11 bits per heavy atom. The van der Waals surface area contributed by atoms with Crippen LogP contribution in [0.3, 0.4) is 0 Å². The normalized spacial score (nSPS) is 17.3. The van der Waals surface area contributed by atoms with E-state index >= 15 is 0 Å². The predicted octanol–water partition coefficient (Wildman–Crippen LogP) is 3.46. The van der Waals surface area contributed by atoms with Gasteiger partial charge in [-0.25, -0.2) is 4.79 Å². The Hall–Kier alpha value is -2.73. The first-order valence-corrected chi connectivity index (χ1v) is 10.5. The maximum absolute atomic E-state index is 12.4. The zero-order chi connectivity index (χ0) is 20.5. The fraction of sp³-hybridized carbons (Fsp3) is 0.273. The highest BCUT2D eigenvalue weighted by Crippen LogP contribution is 2.46. The molecule has 1 heterocycles. The van der Waals surface area contributed by atoms with Crippen molar-refractivity contribution in [2.45, 2.75) is 24.2 Å². The highest BCUT2D eigenvalue weighted by Gasteiger charge is 2.38. The Morgan fingerprint density at radius 3 is 2.36 bits per heavy atom. The second kappa shape index (κ2) is 7.72. The summed E-state index contributed by atoms with van der Waals surface area (Å²) in [5, 5.41) is 0. The molecule has 0 saturated carbocycles. The van der Waals surface area contributed by atoms with Gasteiger partial charge in [-0.1, -0.05) is 32.0 Å². The lowest BCUT2D eigenvalue weighted by Gasteiger charge is -2.23. The lowest BCUT2D eigenvalue weighted by molar-refractivity contribution is -0.117. The lowest BCUT2D eigenvalue weighted by Crippen LogP contribution is -2.25. The van der Waals surface area contributed by atoms with Gasteiger partial charge in [0, 0.05) is 51.9 Å². The fourth-order valence-electron chi connectivity index (χ4n) is 3.46. The number of hydrogen-bond donors (Lipinski definition) is 0. The topological polar surface area (TPSA) is 63.7 Å². The SMILES string of the molecule is CN1/C(=C\C(=O)COC(=O)c2ccc(S(C)=O)cc2)C(C)(C)c2ccccc21. The van der Waals surface area contributed by atoms with Crippen molar-refractivity contribution in [2.75, 3.05) is 24.8 Å². The number of fused-ring (bicyclic) bond motifs is 1. The highest BCUT2D eigenvalue weighted by atomic mass is 32.2. The van der Waals surface area contributed by atoms with Crippen LogP contribution in [0.1, 0.15) is 29.8 Å². The van der Waals surface area contributed by atoms with Crippen LogP contribution in [-0.2, 0) is 25.7 Å². The third-order valence-electron chi connectivity index (χ3n) is 5.01. The molecule has 0 aromatic heterocycles. The summed E-state index contributed by atoms with van der Waals surface area (Å²) >= 11 is 0. The molecule has 3 rings (SSSR count). The number of ether oxygens (including phenoxy) is 1. The van der Waals surface area contributed by atoms with Crippen LogP contribution in [-0.4, -0.2) is 35.9 Å². The van der Waals surface area contributed by atoms with Gasteiger partial charge in [0.2, 0.25) is 0 Å². The van der Waals surface area contributed by atoms with E-state index in [-0.39, 0.29) is 17.8 Å². The average molecular weight is 397 g/mol. The molecule has 6 heteroatoms. The fourth-order valence-corrected chi connectivity index (χ4v) is 3.98. The molecule has 0 aliphatic carbocycles. The number of esters is 1. The van der Waals surface area contributed by atoms with E-state index in [4.69, 9.17) is 4.74 Å². The molecular formula is C22H23NO4S. The Morgan fingerprint density at radius 2 is 1.75 bits per heavy atom. The van der Waals surface area contributed by atoms with Crippen molar-refractivity contribution in [3.05, 3.63) is 71.4 Å². The third-order valence-corrected chi connectivity index (χ3v) is 5.94. The first kappa shape index (κ1) is 20.0. The summed E-state index contributed by atoms with van der Waals surface area (Å²) in [5.41, 5.74) is 3.10. The monoisotopic (exact) mass is 397 g/mol. The Bertz CT molecular complexity index is 976. The number of ketones is 1. The van der Waals surface area contributed by atoms with Crippen molar-refractivity contribution in [2.24, 2.45) is 0 Å². The van der Waals surface area contributed by atoms with Gasteiger partial charge in [0.1, 0.15) is 0 Å². The summed E-state index contributed by atoms with van der Waals surface area (Å²) in [5.74, 6) is -0.857. The van der Waals surface area contributed by atoms with E-state index in [1.807, 2.05) is 30.1 Å². The van der Waals surface area contributed by atoms with Crippen molar-refractivity contribution in [1.29, 1.82) is 0 Å². The lowest BCUT2D eigenvalue weighted by atomic mass is 9.83. The number of rotatable bonds is 5. The first-order chi connectivity index (χ1) is 13.2. The number of hydrogen-bond acceptors (Lipinski definition) is 5. The van der Waals surface area contributed by atoms with Crippen LogP contribution in [0, 0.1) is 0 Å². The van der Waals surface area contributed by atoms with E-state index in [0.29, 0.717) is 10.5 Å². The second-order valence-electron chi connectivity index (χ2n) is 7.25. The Balaban J connectivity index is 1.69. The predicted molar refractivity (Wildman–Crippen MR) is 110 cm³/mol. The Kier molecular flexibility index (Phi) is 5.52. The number of allylic oxidation sites excluding steroid dienone is 1. The minimum atomic E-state index is -1.11. The van der Waals surface area contributed by atoms with Crippen molar-refractivity contribution in [1.82, 2.24) is 0 Å². The van der Waals surface area contributed by atoms with Crippen molar-refractivity contribution in [3.63, 3.8) is 0 Å². The molecule has 0 amide bonds. The van der Waals surface area contributed by atoms with Crippen LogP contribution in [0.2, 0.25) is 0 Å². The minimum Gasteiger partial charge on any atom is -0.454 e. The van der Waals surface area contributed by atoms with Gasteiger partial charge in [-0.05, 0) is 35.9 Å². The average Bonchev–Trinajstić information content (AvgIpc) is 2.87. The molecule has 0 saturated heterocycles. The molecule has 0 spiro atoms. The summed E-state index contributed by atoms with van der Waals surface area (Å²) in [4.78, 5) is 27.2. The van der Waals surface area contributed by atoms with E-state index in [2.05, 4.69) is 19.9 Å². The molecule has 0 N–H and O–H groups in total. The number of likely N-dealkylation sites (N-methyl/N-ethyl adjacent to an activating group) is 1. The van der Waals surface area contributed by atoms with Crippen LogP contribution in [0.25, 0.3) is 0 Å². The summed E-state index contributed by atoms with van der Waals surface area (Å²) in [7, 11) is 0.818. The third kappa shape index (κ3) is 3.78. The van der Waals surface area contributed by atoms with E-state index in [9.17, 15) is 13.8 Å². The van der Waals surface area contributed by atoms with E-state index < -0.39 is 16.8 Å². The van der Waals surface area contributed by atoms with Gasteiger partial charge in [0.25, 0.3) is 0 Å². The number of carbonyl (C=O) groups is 2. The number of nitrogens with zero attached hydrogens (tertiary/aromatic N) is 1. The van der Waals surface area contributed by atoms with Gasteiger partial charge in [-0.2, -0.15) is 0 Å². The van der Waals surface area contributed by atoms with Gasteiger partial charge < -0.3 is 9.64 Å². The van der Waals surface area contributed by atoms with Crippen LogP contribution in [0.5, 0.6) is 0 Å². The molecular weight excluding hydrogens is 374 g/mol. The maximum Gasteiger partial charge on any atom is 0.338 e. The van der Waals surface area contributed by atoms with Crippen LogP contribution in [0.4, 0.5) is 5.69 Å². The number of benzene rings is 2. The van der Waals surface area contributed by atoms with Gasteiger partial charge >= 0.3 is 5.97 Å². The maximum atomic E-state index is 12.4. The molecule has 5 nitrogen and oxygen atoms in total. The van der Waals surface area contributed by atoms with Gasteiger partial charge in [-0.3, -0.25) is 9.00 Å². The minimum absolute atomic E-state index is 0.276. The van der Waals surface area contributed by atoms with E-state index in [1.54, 1.807) is 36.6 Å². The molecule has 1 atom stereocenters. The zero-order valence-electron chi connectivity index (χ0n) is 16.4. The molecule has 28 heavy (non-hydrogen) atoms. The molecule has 1 aliphatic rings. The molecule has 1 unspecified atom stereocenters. The zero-order valence-corrected chi connectivity index (χ0v) is 17.2. The highest BCUT2D eigenvalue weighted by molar-refractivity contribution is 7.84. The summed E-state index contributed by atoms with van der Waals surface area (Å²) in [6, 6.07) is 14.4. The number of anilines is 1. The van der Waals surface area contributed by atoms with Crippen molar-refractivity contribution in [3.8, 4) is 0 Å². The molecule has 1 aliphatic heterocycles. The van der Waals surface area contributed by atoms with Gasteiger partial charge in [-0.15, -0.1) is 0 Å². The smallest absolute Gasteiger partial charge is 0.338 e. The number of para-hydroxylation sites is 1. The van der Waals surface area contributed by atoms with Gasteiger partial charge in [0.15, 0.2) is 12.4 Å². The molecule has 0 fully saturated rings. The van der Waals surface area contributed by atoms with Crippen LogP contribution < -0.4 is 4.90 Å². The molecule has 146 valence electrons. The standard InChI is InChI=1S/C22H23NO4S/c1-22(2)18-7-5-6-8-19(18)23(3)20(22)13-16(24)14-27-21(25)15-9-11-17(12-10-15)28(4)26/h5-13H,14H2,1-4H3/b20-13-. The van der Waals surface area contributed by atoms with E-state index in [1.165, 1.54) is 0 Å². The largest absolute Gasteiger partial charge is 0.454 e.